The lowest BCUT2D eigenvalue weighted by atomic mass is 10.1. The van der Waals surface area contributed by atoms with Crippen molar-refractivity contribution in [3.05, 3.63) is 53.7 Å². The third-order valence-corrected chi connectivity index (χ3v) is 9.70. The molecule has 0 bridgehead atoms. The van der Waals surface area contributed by atoms with Gasteiger partial charge in [0.2, 0.25) is 10.0 Å². The molecule has 12 heteroatoms. The maximum atomic E-state index is 12.8. The van der Waals surface area contributed by atoms with Gasteiger partial charge in [-0.05, 0) is 56.1 Å². The third kappa shape index (κ3) is 5.32. The van der Waals surface area contributed by atoms with Gasteiger partial charge in [-0.15, -0.1) is 11.3 Å². The second kappa shape index (κ2) is 11.1. The Hall–Kier alpha value is -2.90. The van der Waals surface area contributed by atoms with Crippen LogP contribution in [-0.4, -0.2) is 76.0 Å². The van der Waals surface area contributed by atoms with Crippen molar-refractivity contribution >= 4 is 32.8 Å². The number of likely N-dealkylation sites (N-methyl/N-ethyl adjacent to an activating group) is 1. The van der Waals surface area contributed by atoms with Crippen molar-refractivity contribution in [1.29, 1.82) is 0 Å². The van der Waals surface area contributed by atoms with E-state index in [1.165, 1.54) is 4.31 Å². The molecule has 0 radical (unpaired) electrons. The van der Waals surface area contributed by atoms with Crippen molar-refractivity contribution in [1.82, 2.24) is 29.8 Å². The van der Waals surface area contributed by atoms with E-state index < -0.39 is 16.3 Å². The number of hydrogen-bond donors (Lipinski definition) is 2. The molecule has 5 heterocycles. The molecule has 1 unspecified atom stereocenters. The highest BCUT2D eigenvalue weighted by Crippen LogP contribution is 2.32. The first-order valence-corrected chi connectivity index (χ1v) is 15.4. The molecule has 4 aromatic heterocycles. The fraction of sp³-hybridized carbons (Fsp3) is 0.423. The van der Waals surface area contributed by atoms with Crippen molar-refractivity contribution in [3.63, 3.8) is 0 Å². The summed E-state index contributed by atoms with van der Waals surface area (Å²) in [6, 6.07) is 9.55. The van der Waals surface area contributed by atoms with E-state index in [2.05, 4.69) is 36.1 Å². The van der Waals surface area contributed by atoms with Crippen molar-refractivity contribution in [2.75, 3.05) is 36.2 Å². The summed E-state index contributed by atoms with van der Waals surface area (Å²) in [5.74, 6) is 0.375. The van der Waals surface area contributed by atoms with Crippen LogP contribution < -0.4 is 9.62 Å². The Morgan fingerprint density at radius 2 is 2.00 bits per heavy atom. The number of rotatable bonds is 10. The van der Waals surface area contributed by atoms with Crippen LogP contribution in [0.4, 0.5) is 5.82 Å². The second-order valence-corrected chi connectivity index (χ2v) is 12.3. The molecule has 0 aromatic carbocycles. The number of aromatic nitrogens is 4. The molecule has 202 valence electrons. The van der Waals surface area contributed by atoms with Gasteiger partial charge in [0.15, 0.2) is 5.65 Å². The Kier molecular flexibility index (Phi) is 7.78. The Bertz CT molecular complexity index is 1500. The molecule has 2 atom stereocenters. The SMILES string of the molecule is CCN(CC)[C@@H](C)CNC(O)c1cc(-c2cnn3ccc(-c4cccs4)nc23)nc(N2CCCS2(=O)=O)c1. The number of pyridine rings is 1. The molecule has 5 rings (SSSR count). The van der Waals surface area contributed by atoms with Crippen LogP contribution in [0.2, 0.25) is 0 Å². The van der Waals surface area contributed by atoms with E-state index >= 15 is 0 Å². The normalized spacial score (nSPS) is 16.9. The first kappa shape index (κ1) is 26.7. The Morgan fingerprint density at radius 3 is 2.68 bits per heavy atom. The molecule has 2 N–H and O–H groups in total. The molecule has 10 nitrogen and oxygen atoms in total. The van der Waals surface area contributed by atoms with Gasteiger partial charge >= 0.3 is 0 Å². The molecular weight excluding hydrogens is 522 g/mol. The van der Waals surface area contributed by atoms with Crippen LogP contribution in [0.5, 0.6) is 0 Å². The van der Waals surface area contributed by atoms with E-state index in [1.807, 2.05) is 29.8 Å². The number of aliphatic hydroxyl groups is 1. The zero-order chi connectivity index (χ0) is 26.9. The molecule has 1 fully saturated rings. The van der Waals surface area contributed by atoms with E-state index in [9.17, 15) is 13.5 Å². The average molecular weight is 556 g/mol. The number of aliphatic hydroxyl groups excluding tert-OH is 1. The van der Waals surface area contributed by atoms with Gasteiger partial charge in [0.1, 0.15) is 12.0 Å². The lowest BCUT2D eigenvalue weighted by Gasteiger charge is -2.28. The minimum absolute atomic E-state index is 0.0822. The van der Waals surface area contributed by atoms with Crippen LogP contribution in [0.25, 0.3) is 27.5 Å². The van der Waals surface area contributed by atoms with E-state index in [0.717, 1.165) is 23.7 Å². The summed E-state index contributed by atoms with van der Waals surface area (Å²) in [7, 11) is -3.46. The summed E-state index contributed by atoms with van der Waals surface area (Å²) < 4.78 is 28.5. The van der Waals surface area contributed by atoms with Crippen molar-refractivity contribution < 1.29 is 13.5 Å². The smallest absolute Gasteiger partial charge is 0.236 e. The minimum atomic E-state index is -3.46. The maximum Gasteiger partial charge on any atom is 0.236 e. The van der Waals surface area contributed by atoms with Gasteiger partial charge < -0.3 is 5.11 Å². The monoisotopic (exact) mass is 555 g/mol. The zero-order valence-electron chi connectivity index (χ0n) is 21.8. The summed E-state index contributed by atoms with van der Waals surface area (Å²) in [5.41, 5.74) is 3.12. The topological polar surface area (TPSA) is 116 Å². The predicted molar refractivity (Wildman–Crippen MR) is 151 cm³/mol. The molecule has 1 aliphatic rings. The van der Waals surface area contributed by atoms with Gasteiger partial charge in [0.25, 0.3) is 0 Å². The second-order valence-electron chi connectivity index (χ2n) is 9.38. The highest BCUT2D eigenvalue weighted by molar-refractivity contribution is 7.93. The number of nitrogens with one attached hydrogen (secondary N) is 1. The predicted octanol–water partition coefficient (Wildman–Crippen LogP) is 3.37. The quantitative estimate of drug-likeness (QED) is 0.286. The Morgan fingerprint density at radius 1 is 1.18 bits per heavy atom. The van der Waals surface area contributed by atoms with Gasteiger partial charge in [0, 0.05) is 30.9 Å². The van der Waals surface area contributed by atoms with Crippen LogP contribution in [0.1, 0.15) is 39.0 Å². The average Bonchev–Trinajstić information content (AvgIpc) is 3.67. The number of nitrogens with zero attached hydrogens (tertiary/aromatic N) is 6. The largest absolute Gasteiger partial charge is 0.374 e. The highest BCUT2D eigenvalue weighted by atomic mass is 32.2. The summed E-state index contributed by atoms with van der Waals surface area (Å²) in [6.07, 6.45) is 3.06. The molecule has 4 aromatic rings. The summed E-state index contributed by atoms with van der Waals surface area (Å²) in [4.78, 5) is 12.9. The molecule has 0 amide bonds. The minimum Gasteiger partial charge on any atom is -0.374 e. The number of anilines is 1. The molecule has 0 saturated carbocycles. The molecule has 38 heavy (non-hydrogen) atoms. The van der Waals surface area contributed by atoms with Crippen LogP contribution in [0, 0.1) is 0 Å². The maximum absolute atomic E-state index is 12.8. The lowest BCUT2D eigenvalue weighted by molar-refractivity contribution is 0.121. The first-order valence-electron chi connectivity index (χ1n) is 12.9. The van der Waals surface area contributed by atoms with Crippen LogP contribution in [0.15, 0.2) is 48.1 Å². The molecule has 0 aliphatic carbocycles. The number of fused-ring (bicyclic) bond motifs is 1. The van der Waals surface area contributed by atoms with Crippen LogP contribution >= 0.6 is 11.3 Å². The fourth-order valence-corrected chi connectivity index (χ4v) is 7.04. The van der Waals surface area contributed by atoms with E-state index in [0.29, 0.717) is 47.8 Å². The van der Waals surface area contributed by atoms with E-state index in [4.69, 9.17) is 9.97 Å². The van der Waals surface area contributed by atoms with Gasteiger partial charge in [-0.1, -0.05) is 19.9 Å². The lowest BCUT2D eigenvalue weighted by Crippen LogP contribution is -2.41. The fourth-order valence-electron chi connectivity index (χ4n) is 4.84. The molecule has 1 saturated heterocycles. The third-order valence-electron chi connectivity index (χ3n) is 6.97. The van der Waals surface area contributed by atoms with E-state index in [1.54, 1.807) is 34.2 Å². The number of sulfonamides is 1. The Labute approximate surface area is 227 Å². The van der Waals surface area contributed by atoms with E-state index in [-0.39, 0.29) is 11.8 Å². The first-order chi connectivity index (χ1) is 18.3. The Balaban J connectivity index is 1.54. The van der Waals surface area contributed by atoms with Gasteiger partial charge in [0.05, 0.1) is 33.8 Å². The molecule has 1 aliphatic heterocycles. The zero-order valence-corrected chi connectivity index (χ0v) is 23.4. The summed E-state index contributed by atoms with van der Waals surface area (Å²) in [6.45, 7) is 9.10. The van der Waals surface area contributed by atoms with Crippen molar-refractivity contribution in [2.24, 2.45) is 0 Å². The van der Waals surface area contributed by atoms with Crippen molar-refractivity contribution in [2.45, 2.75) is 39.5 Å². The van der Waals surface area contributed by atoms with Crippen molar-refractivity contribution in [3.8, 4) is 21.8 Å². The van der Waals surface area contributed by atoms with Gasteiger partial charge in [-0.25, -0.2) is 22.9 Å². The molecule has 0 spiro atoms. The summed E-state index contributed by atoms with van der Waals surface area (Å²) in [5, 5.41) is 20.8. The van der Waals surface area contributed by atoms with Gasteiger partial charge in [-0.3, -0.25) is 14.5 Å². The summed E-state index contributed by atoms with van der Waals surface area (Å²) >= 11 is 1.60. The number of thiophene rings is 1. The molecular formula is C26H33N7O3S2. The standard InChI is InChI=1S/C26H33N7O3S2/c1-4-31(5-2)18(3)16-27-26(34)19-14-22(29-24(15-19)33-10-7-13-38(33,35)36)20-17-28-32-11-9-21(30-25(20)32)23-8-6-12-37-23/h6,8-9,11-12,14-15,17-18,26-27,34H,4-5,7,10,13,16H2,1-3H3/t18-,26?/m0/s1. The van der Waals surface area contributed by atoms with Gasteiger partial charge in [-0.2, -0.15) is 5.10 Å². The van der Waals surface area contributed by atoms with Crippen LogP contribution in [-0.2, 0) is 10.0 Å². The highest BCUT2D eigenvalue weighted by Gasteiger charge is 2.31. The number of hydrogen-bond acceptors (Lipinski definition) is 9. The van der Waals surface area contributed by atoms with Crippen LogP contribution in [0.3, 0.4) is 0 Å².